The molecule has 0 aliphatic carbocycles. The molecule has 0 heterocycles. The largest absolute Gasteiger partial charge is 1.00 e. The molecule has 0 saturated carbocycles. The summed E-state index contributed by atoms with van der Waals surface area (Å²) in [6.45, 7) is 0. The zero-order valence-corrected chi connectivity index (χ0v) is 39.3. The maximum atomic E-state index is 5.26. The average molecular weight is 937 g/mol. The minimum atomic E-state index is -0.0804. The Balaban J connectivity index is 0.000000212. The summed E-state index contributed by atoms with van der Waals surface area (Å²) in [5.74, 6) is 2.68. The van der Waals surface area contributed by atoms with Crippen LogP contribution in [0.5, 0.6) is 17.2 Å². The van der Waals surface area contributed by atoms with Crippen LogP contribution >= 0.6 is 0 Å². The molecule has 0 fully saturated rings. The number of benzene rings is 9. The molecule has 0 aliphatic heterocycles. The second-order valence-corrected chi connectivity index (χ2v) is 19.9. The van der Waals surface area contributed by atoms with Crippen LogP contribution < -0.4 is 28.3 Å². The van der Waals surface area contributed by atoms with Gasteiger partial charge in [-0.05, 0) is 146 Å². The van der Waals surface area contributed by atoms with E-state index in [9.17, 15) is 0 Å². The van der Waals surface area contributed by atoms with Crippen molar-refractivity contribution in [2.45, 2.75) is 44.1 Å². The third-order valence-electron chi connectivity index (χ3n) is 9.76. The van der Waals surface area contributed by atoms with Gasteiger partial charge in [-0.3, -0.25) is 0 Å². The summed E-state index contributed by atoms with van der Waals surface area (Å²) in [6, 6.07) is 89.0. The summed E-state index contributed by atoms with van der Waals surface area (Å²) < 4.78 is 15.8. The Morgan fingerprint density at radius 2 is 0.333 bits per heavy atom. The topological polar surface area (TPSA) is 27.7 Å². The van der Waals surface area contributed by atoms with Crippen LogP contribution in [0.1, 0.15) is 0 Å². The molecular weight excluding hydrogens is 886 g/mol. The van der Waals surface area contributed by atoms with E-state index in [0.29, 0.717) is 0 Å². The highest BCUT2D eigenvalue weighted by Gasteiger charge is 2.30. The molecule has 0 aliphatic rings. The summed E-state index contributed by atoms with van der Waals surface area (Å²) >= 11 is 0. The fourth-order valence-corrected chi connectivity index (χ4v) is 12.9. The van der Waals surface area contributed by atoms with Gasteiger partial charge in [-0.1, -0.05) is 109 Å². The highest BCUT2D eigenvalue weighted by molar-refractivity contribution is 7.97. The molecule has 9 rings (SSSR count). The summed E-state index contributed by atoms with van der Waals surface area (Å²) in [5, 5.41) is 0. The minimum Gasteiger partial charge on any atom is -1.00 e. The lowest BCUT2D eigenvalue weighted by atomic mass is 10.3. The summed E-state index contributed by atoms with van der Waals surface area (Å²) in [7, 11) is 4.85. The predicted octanol–water partition coefficient (Wildman–Crippen LogP) is 5.38. The first-order valence-electron chi connectivity index (χ1n) is 20.6. The van der Waals surface area contributed by atoms with Crippen LogP contribution in [-0.4, -0.2) is 21.3 Å². The monoisotopic (exact) mass is 936 g/mol. The fraction of sp³-hybridized carbons (Fsp3) is 0.0526. The Morgan fingerprint density at radius 3 is 0.470 bits per heavy atom. The standard InChI is InChI=1S/3C19H17OS.3FH/c3*1-20-16-12-14-19(15-13-16)21(17-8-4-2-5-9-17)18-10-6-3-7-11-18;;;/h3*2-15H,1H3;3*1H/q3*+1;;;/p-3. The van der Waals surface area contributed by atoms with Crippen LogP contribution in [0.3, 0.4) is 0 Å². The van der Waals surface area contributed by atoms with E-state index in [-0.39, 0.29) is 46.8 Å². The number of rotatable bonds is 12. The first kappa shape index (κ1) is 51.9. The summed E-state index contributed by atoms with van der Waals surface area (Å²) in [6.07, 6.45) is 0. The highest BCUT2D eigenvalue weighted by atomic mass is 32.2. The minimum absolute atomic E-state index is 0. The van der Waals surface area contributed by atoms with Crippen LogP contribution in [0.2, 0.25) is 0 Å². The summed E-state index contributed by atoms with van der Waals surface area (Å²) in [5.41, 5.74) is 0. The van der Waals surface area contributed by atoms with Gasteiger partial charge in [-0.25, -0.2) is 0 Å². The van der Waals surface area contributed by atoms with Crippen molar-refractivity contribution in [2.24, 2.45) is 0 Å². The molecule has 0 saturated heterocycles. The van der Waals surface area contributed by atoms with Crippen molar-refractivity contribution in [3.63, 3.8) is 0 Å². The van der Waals surface area contributed by atoms with Gasteiger partial charge >= 0.3 is 0 Å². The first-order valence-corrected chi connectivity index (χ1v) is 24.3. The zero-order chi connectivity index (χ0) is 43.5. The van der Waals surface area contributed by atoms with Crippen LogP contribution in [-0.2, 0) is 32.7 Å². The third-order valence-corrected chi connectivity index (χ3v) is 16.5. The van der Waals surface area contributed by atoms with Crippen molar-refractivity contribution in [3.05, 3.63) is 255 Å². The lowest BCUT2D eigenvalue weighted by molar-refractivity contribution is -0.00100. The second-order valence-electron chi connectivity index (χ2n) is 13.8. The normalized spacial score (nSPS) is 10.1. The number of methoxy groups -OCH3 is 3. The Labute approximate surface area is 396 Å². The SMILES string of the molecule is COc1ccc([S+](c2ccccc2)c2ccccc2)cc1.COc1ccc([S+](c2ccccc2)c2ccccc2)cc1.COc1ccc([S+](c2ccccc2)c2ccccc2)cc1.[F-].[F-].[F-]. The van der Waals surface area contributed by atoms with E-state index >= 15 is 0 Å². The van der Waals surface area contributed by atoms with Gasteiger partial charge < -0.3 is 28.3 Å². The van der Waals surface area contributed by atoms with Gasteiger partial charge in [-0.15, -0.1) is 0 Å². The lowest BCUT2D eigenvalue weighted by Crippen LogP contribution is -3.00. The van der Waals surface area contributed by atoms with Crippen molar-refractivity contribution in [1.29, 1.82) is 0 Å². The molecule has 0 aromatic heterocycles. The Morgan fingerprint density at radius 1 is 0.197 bits per heavy atom. The van der Waals surface area contributed by atoms with Crippen molar-refractivity contribution in [3.8, 4) is 17.2 Å². The van der Waals surface area contributed by atoms with Crippen molar-refractivity contribution in [2.75, 3.05) is 21.3 Å². The lowest BCUT2D eigenvalue weighted by Gasteiger charge is -2.08. The van der Waals surface area contributed by atoms with E-state index in [0.717, 1.165) is 17.2 Å². The van der Waals surface area contributed by atoms with Gasteiger partial charge in [-0.2, -0.15) is 0 Å². The molecular formula is C57H51F3O3S3. The second kappa shape index (κ2) is 27.5. The predicted molar refractivity (Wildman–Crippen MR) is 264 cm³/mol. The maximum absolute atomic E-state index is 5.26. The third kappa shape index (κ3) is 14.1. The van der Waals surface area contributed by atoms with Crippen LogP contribution in [0.4, 0.5) is 0 Å². The van der Waals surface area contributed by atoms with Gasteiger partial charge in [0.2, 0.25) is 0 Å². The zero-order valence-electron chi connectivity index (χ0n) is 36.8. The van der Waals surface area contributed by atoms with Gasteiger partial charge in [0.25, 0.3) is 0 Å². The number of ether oxygens (including phenoxy) is 3. The van der Waals surface area contributed by atoms with E-state index in [2.05, 4.69) is 218 Å². The van der Waals surface area contributed by atoms with Crippen LogP contribution in [0.15, 0.2) is 299 Å². The Hall–Kier alpha value is -6.78. The fourth-order valence-electron chi connectivity index (χ4n) is 6.70. The molecule has 0 amide bonds. The molecule has 336 valence electrons. The van der Waals surface area contributed by atoms with Crippen LogP contribution in [0.25, 0.3) is 0 Å². The molecule has 66 heavy (non-hydrogen) atoms. The Bertz CT molecular complexity index is 2230. The van der Waals surface area contributed by atoms with E-state index in [4.69, 9.17) is 14.2 Å². The quantitative estimate of drug-likeness (QED) is 0.154. The molecule has 9 heteroatoms. The number of halogens is 3. The van der Waals surface area contributed by atoms with Crippen LogP contribution in [0, 0.1) is 0 Å². The smallest absolute Gasteiger partial charge is 0.166 e. The molecule has 3 nitrogen and oxygen atoms in total. The van der Waals surface area contributed by atoms with E-state index in [1.807, 2.05) is 36.4 Å². The van der Waals surface area contributed by atoms with Crippen molar-refractivity contribution in [1.82, 2.24) is 0 Å². The molecule has 0 unspecified atom stereocenters. The van der Waals surface area contributed by atoms with E-state index in [1.165, 1.54) is 44.1 Å². The molecule has 0 radical (unpaired) electrons. The molecule has 9 aromatic carbocycles. The van der Waals surface area contributed by atoms with E-state index < -0.39 is 0 Å². The van der Waals surface area contributed by atoms with Crippen molar-refractivity contribution < 1.29 is 28.3 Å². The van der Waals surface area contributed by atoms with Gasteiger partial charge in [0.1, 0.15) is 17.2 Å². The van der Waals surface area contributed by atoms with Gasteiger partial charge in [0.15, 0.2) is 44.1 Å². The molecule has 0 atom stereocenters. The maximum Gasteiger partial charge on any atom is 0.166 e. The van der Waals surface area contributed by atoms with Crippen molar-refractivity contribution >= 4 is 32.7 Å². The molecule has 0 bridgehead atoms. The van der Waals surface area contributed by atoms with Gasteiger partial charge in [0.05, 0.1) is 54.0 Å². The van der Waals surface area contributed by atoms with E-state index in [1.54, 1.807) is 21.3 Å². The number of hydrogen-bond donors (Lipinski definition) is 0. The van der Waals surface area contributed by atoms with Gasteiger partial charge in [0, 0.05) is 0 Å². The number of hydrogen-bond acceptors (Lipinski definition) is 3. The Kier molecular flexibility index (Phi) is 21.6. The molecule has 0 N–H and O–H groups in total. The summed E-state index contributed by atoms with van der Waals surface area (Å²) in [4.78, 5) is 11.9. The molecule has 0 spiro atoms. The highest BCUT2D eigenvalue weighted by Crippen LogP contribution is 2.34. The molecule has 9 aromatic rings. The first-order chi connectivity index (χ1) is 31.1. The average Bonchev–Trinajstić information content (AvgIpc) is 3.37.